The number of anilines is 1. The summed E-state index contributed by atoms with van der Waals surface area (Å²) in [5, 5.41) is 9.26. The van der Waals surface area contributed by atoms with Crippen LogP contribution in [0.3, 0.4) is 0 Å². The van der Waals surface area contributed by atoms with Gasteiger partial charge in [-0.05, 0) is 33.6 Å². The quantitative estimate of drug-likeness (QED) is 0.712. The summed E-state index contributed by atoms with van der Waals surface area (Å²) in [7, 11) is 0. The van der Waals surface area contributed by atoms with Gasteiger partial charge in [-0.15, -0.1) is 0 Å². The van der Waals surface area contributed by atoms with E-state index in [2.05, 4.69) is 15.9 Å². The van der Waals surface area contributed by atoms with Crippen LogP contribution >= 0.6 is 27.5 Å². The zero-order valence-electron chi connectivity index (χ0n) is 6.80. The van der Waals surface area contributed by atoms with Gasteiger partial charge in [0.05, 0.1) is 23.4 Å². The van der Waals surface area contributed by atoms with E-state index in [0.29, 0.717) is 15.2 Å². The third kappa shape index (κ3) is 2.34. The Morgan fingerprint density at radius 3 is 2.62 bits per heavy atom. The molecule has 5 N–H and O–H groups in total. The van der Waals surface area contributed by atoms with Crippen LogP contribution in [0.5, 0.6) is 0 Å². The molecule has 13 heavy (non-hydrogen) atoms. The molecule has 1 rings (SSSR count). The Hall–Kier alpha value is -0.290. The van der Waals surface area contributed by atoms with Crippen molar-refractivity contribution in [1.29, 1.82) is 0 Å². The number of nitrogen functional groups attached to an aromatic ring is 1. The summed E-state index contributed by atoms with van der Waals surface area (Å²) in [4.78, 5) is 0. The highest BCUT2D eigenvalue weighted by Crippen LogP contribution is 2.30. The topological polar surface area (TPSA) is 72.3 Å². The molecule has 0 amide bonds. The van der Waals surface area contributed by atoms with Crippen LogP contribution in [0.25, 0.3) is 0 Å². The third-order valence-electron chi connectivity index (χ3n) is 1.73. The van der Waals surface area contributed by atoms with Crippen LogP contribution in [-0.2, 0) is 0 Å². The maximum Gasteiger partial charge on any atom is 0.0650 e. The minimum absolute atomic E-state index is 0.118. The predicted octanol–water partition coefficient (Wildman–Crippen LogP) is 1.68. The van der Waals surface area contributed by atoms with Gasteiger partial charge in [-0.2, -0.15) is 0 Å². The minimum atomic E-state index is -0.422. The summed E-state index contributed by atoms with van der Waals surface area (Å²) in [6, 6.07) is 2.99. The van der Waals surface area contributed by atoms with E-state index < -0.39 is 6.04 Å². The van der Waals surface area contributed by atoms with E-state index in [-0.39, 0.29) is 6.61 Å². The summed E-state index contributed by atoms with van der Waals surface area (Å²) in [6.07, 6.45) is 0. The first-order valence-corrected chi connectivity index (χ1v) is 4.84. The Morgan fingerprint density at radius 1 is 1.54 bits per heavy atom. The Morgan fingerprint density at radius 2 is 2.15 bits per heavy atom. The first kappa shape index (κ1) is 10.8. The van der Waals surface area contributed by atoms with Crippen molar-refractivity contribution in [2.75, 3.05) is 12.3 Å². The van der Waals surface area contributed by atoms with E-state index in [1.807, 2.05) is 0 Å². The molecular formula is C8H10BrClN2O. The van der Waals surface area contributed by atoms with Gasteiger partial charge in [-0.25, -0.2) is 0 Å². The number of hydrogen-bond acceptors (Lipinski definition) is 3. The molecule has 3 nitrogen and oxygen atoms in total. The molecule has 0 bridgehead atoms. The molecule has 0 aliphatic rings. The van der Waals surface area contributed by atoms with Crippen molar-refractivity contribution >= 4 is 33.2 Å². The highest BCUT2D eigenvalue weighted by atomic mass is 79.9. The third-order valence-corrected chi connectivity index (χ3v) is 2.70. The number of aliphatic hydroxyl groups excluding tert-OH is 1. The van der Waals surface area contributed by atoms with Gasteiger partial charge in [-0.3, -0.25) is 0 Å². The molecule has 0 aliphatic heterocycles. The van der Waals surface area contributed by atoms with Crippen LogP contribution in [-0.4, -0.2) is 11.7 Å². The lowest BCUT2D eigenvalue weighted by molar-refractivity contribution is 0.268. The second kappa shape index (κ2) is 4.28. The van der Waals surface area contributed by atoms with E-state index in [4.69, 9.17) is 28.2 Å². The Bertz CT molecular complexity index is 296. The van der Waals surface area contributed by atoms with Crippen LogP contribution in [0.2, 0.25) is 5.02 Å². The molecule has 0 saturated carbocycles. The lowest BCUT2D eigenvalue weighted by Gasteiger charge is -2.11. The number of benzene rings is 1. The van der Waals surface area contributed by atoms with E-state index in [9.17, 15) is 0 Å². The molecule has 0 saturated heterocycles. The average molecular weight is 266 g/mol. The standard InChI is InChI=1S/C8H10BrClN2O/c9-5-1-4(7(11)3-13)2-6(10)8(5)12/h1-2,7,13H,3,11-12H2. The van der Waals surface area contributed by atoms with Crippen molar-refractivity contribution in [3.8, 4) is 0 Å². The number of rotatable bonds is 2. The molecule has 1 atom stereocenters. The number of halogens is 2. The normalized spacial score (nSPS) is 12.9. The zero-order valence-corrected chi connectivity index (χ0v) is 9.14. The largest absolute Gasteiger partial charge is 0.397 e. The van der Waals surface area contributed by atoms with Crippen LogP contribution in [0.15, 0.2) is 16.6 Å². The SMILES string of the molecule is Nc1c(Cl)cc(C(N)CO)cc1Br. The summed E-state index contributed by atoms with van der Waals surface area (Å²) in [6.45, 7) is -0.118. The maximum absolute atomic E-state index is 8.82. The van der Waals surface area contributed by atoms with Crippen molar-refractivity contribution < 1.29 is 5.11 Å². The molecule has 0 fully saturated rings. The van der Waals surface area contributed by atoms with Gasteiger partial charge >= 0.3 is 0 Å². The lowest BCUT2D eigenvalue weighted by atomic mass is 10.1. The van der Waals surface area contributed by atoms with Crippen LogP contribution < -0.4 is 11.5 Å². The van der Waals surface area contributed by atoms with Gasteiger partial charge in [0, 0.05) is 4.47 Å². The van der Waals surface area contributed by atoms with Gasteiger partial charge < -0.3 is 16.6 Å². The van der Waals surface area contributed by atoms with Gasteiger partial charge in [0.25, 0.3) is 0 Å². The fourth-order valence-electron chi connectivity index (χ4n) is 0.923. The number of hydrogen-bond donors (Lipinski definition) is 3. The summed E-state index contributed by atoms with van der Waals surface area (Å²) >= 11 is 9.08. The number of nitrogens with two attached hydrogens (primary N) is 2. The van der Waals surface area contributed by atoms with Crippen molar-refractivity contribution in [2.45, 2.75) is 6.04 Å². The summed E-state index contributed by atoms with van der Waals surface area (Å²) in [5.74, 6) is 0. The first-order valence-electron chi connectivity index (χ1n) is 3.67. The molecule has 1 unspecified atom stereocenters. The van der Waals surface area contributed by atoms with Crippen LogP contribution in [0, 0.1) is 0 Å². The monoisotopic (exact) mass is 264 g/mol. The summed E-state index contributed by atoms with van der Waals surface area (Å²) in [5.41, 5.74) is 12.5. The van der Waals surface area contributed by atoms with Crippen LogP contribution in [0.4, 0.5) is 5.69 Å². The predicted molar refractivity (Wildman–Crippen MR) is 57.6 cm³/mol. The molecule has 0 heterocycles. The molecule has 0 radical (unpaired) electrons. The zero-order chi connectivity index (χ0) is 10.0. The highest BCUT2D eigenvalue weighted by Gasteiger charge is 2.09. The smallest absolute Gasteiger partial charge is 0.0650 e. The lowest BCUT2D eigenvalue weighted by Crippen LogP contribution is -2.14. The van der Waals surface area contributed by atoms with Gasteiger partial charge in [0.1, 0.15) is 0 Å². The molecule has 0 spiro atoms. The van der Waals surface area contributed by atoms with E-state index >= 15 is 0 Å². The van der Waals surface area contributed by atoms with E-state index in [1.54, 1.807) is 12.1 Å². The van der Waals surface area contributed by atoms with Gasteiger partial charge in [0.2, 0.25) is 0 Å². The highest BCUT2D eigenvalue weighted by molar-refractivity contribution is 9.10. The Balaban J connectivity index is 3.13. The molecule has 1 aromatic carbocycles. The van der Waals surface area contributed by atoms with Gasteiger partial charge in [0.15, 0.2) is 0 Å². The molecule has 0 aromatic heterocycles. The first-order chi connectivity index (χ1) is 6.06. The number of aliphatic hydroxyl groups is 1. The molecule has 72 valence electrons. The van der Waals surface area contributed by atoms with Crippen LogP contribution in [0.1, 0.15) is 11.6 Å². The Labute approximate surface area is 89.8 Å². The second-order valence-corrected chi connectivity index (χ2v) is 3.95. The van der Waals surface area contributed by atoms with Gasteiger partial charge in [-0.1, -0.05) is 11.6 Å². The van der Waals surface area contributed by atoms with E-state index in [1.165, 1.54) is 0 Å². The fraction of sp³-hybridized carbons (Fsp3) is 0.250. The second-order valence-electron chi connectivity index (χ2n) is 2.69. The molecular weight excluding hydrogens is 255 g/mol. The average Bonchev–Trinajstić information content (AvgIpc) is 2.12. The molecule has 1 aromatic rings. The minimum Gasteiger partial charge on any atom is -0.397 e. The maximum atomic E-state index is 8.82. The van der Waals surface area contributed by atoms with E-state index in [0.717, 1.165) is 5.56 Å². The van der Waals surface area contributed by atoms with Crippen molar-refractivity contribution in [2.24, 2.45) is 5.73 Å². The molecule has 5 heteroatoms. The fourth-order valence-corrected chi connectivity index (χ4v) is 1.74. The molecule has 0 aliphatic carbocycles. The Kier molecular flexibility index (Phi) is 3.55. The van der Waals surface area contributed by atoms with Crippen molar-refractivity contribution in [3.63, 3.8) is 0 Å². The summed E-state index contributed by atoms with van der Waals surface area (Å²) < 4.78 is 0.693. The van der Waals surface area contributed by atoms with Crippen molar-refractivity contribution in [3.05, 3.63) is 27.2 Å². The van der Waals surface area contributed by atoms with Crippen molar-refractivity contribution in [1.82, 2.24) is 0 Å².